The zero-order valence-corrected chi connectivity index (χ0v) is 38.3. The highest BCUT2D eigenvalue weighted by Crippen LogP contribution is 2.58. The molecule has 2 aromatic carbocycles. The third-order valence-corrected chi connectivity index (χ3v) is 16.9. The van der Waals surface area contributed by atoms with Crippen LogP contribution in [0.25, 0.3) is 10.1 Å². The summed E-state index contributed by atoms with van der Waals surface area (Å²) in [4.78, 5) is 68.7. The summed E-state index contributed by atoms with van der Waals surface area (Å²) in [5.41, 5.74) is 2.39. The van der Waals surface area contributed by atoms with E-state index >= 15 is 4.39 Å². The maximum absolute atomic E-state index is 16.6. The van der Waals surface area contributed by atoms with E-state index in [1.54, 1.807) is 42.5 Å². The van der Waals surface area contributed by atoms with Crippen molar-refractivity contribution in [1.29, 1.82) is 0 Å². The van der Waals surface area contributed by atoms with Crippen molar-refractivity contribution >= 4 is 58.3 Å². The Balaban J connectivity index is 0.883. The summed E-state index contributed by atoms with van der Waals surface area (Å²) in [6.45, 7) is 8.50. The van der Waals surface area contributed by atoms with Gasteiger partial charge in [-0.25, -0.2) is 9.48 Å². The molecule has 1 aliphatic carbocycles. The van der Waals surface area contributed by atoms with Gasteiger partial charge < -0.3 is 34.2 Å². The molecular weight excluding hydrogens is 857 g/mol. The lowest BCUT2D eigenvalue weighted by atomic mass is 9.90. The van der Waals surface area contributed by atoms with Crippen LogP contribution >= 0.6 is 18.9 Å². The molecular formula is C47H57FN7O7PS. The van der Waals surface area contributed by atoms with Gasteiger partial charge in [0.15, 0.2) is 0 Å². The molecule has 8 atom stereocenters. The van der Waals surface area contributed by atoms with E-state index < -0.39 is 43.4 Å². The Bertz CT molecular complexity index is 2430. The fourth-order valence-electron chi connectivity index (χ4n) is 9.92. The molecule has 9 rings (SSSR count). The number of anilines is 1. The van der Waals surface area contributed by atoms with E-state index in [4.69, 9.17) is 9.26 Å². The number of piperazine rings is 1. The molecule has 4 aromatic rings. The van der Waals surface area contributed by atoms with E-state index in [0.717, 1.165) is 51.0 Å². The Morgan fingerprint density at radius 2 is 1.75 bits per heavy atom. The molecule has 1 saturated carbocycles. The average Bonchev–Trinajstić information content (AvgIpc) is 3.63. The minimum Gasteiger partial charge on any atom is -0.465 e. The van der Waals surface area contributed by atoms with Crippen LogP contribution in [0.15, 0.2) is 73.1 Å². The largest absolute Gasteiger partial charge is 0.465 e. The standard InChI is InChI=1S/C47H57FN7O7PS/c1-4-20-61-47(59)29(2)51-63(60,62-36-8-6-5-7-9-36)43(48)30-10-13-41-33(21-30)25-42(64-41)44(56)50-38-24-32-22-31(32)23-35-11-12-40(55(35)45(38)57)46(58)54-27-34(28-54)37-26-49-15-14-39(37)53-18-16-52(3)17-19-53/h5-10,13-15,21,25-26,29,31-32,34-35,38,40,43H,4,11-12,16-20,22-24,27-28H2,1-3H3,(H,50,56)(H,51,60)/t29-,31+,32-,35+,38-,40-,43?,63?/m0/s1. The lowest BCUT2D eigenvalue weighted by molar-refractivity contribution is -0.149. The molecule has 5 aliphatic rings. The molecule has 2 unspecified atom stereocenters. The third kappa shape index (κ3) is 9.16. The number of amides is 3. The van der Waals surface area contributed by atoms with Gasteiger partial charge in [0.1, 0.15) is 23.9 Å². The van der Waals surface area contributed by atoms with Crippen LogP contribution in [0.2, 0.25) is 0 Å². The van der Waals surface area contributed by atoms with Gasteiger partial charge >= 0.3 is 13.5 Å². The van der Waals surface area contributed by atoms with Gasteiger partial charge in [-0.15, -0.1) is 11.3 Å². The molecule has 6 heterocycles. The van der Waals surface area contributed by atoms with Crippen LogP contribution in [0.3, 0.4) is 0 Å². The first-order valence-corrected chi connectivity index (χ1v) is 25.2. The Morgan fingerprint density at radius 3 is 2.52 bits per heavy atom. The zero-order chi connectivity index (χ0) is 44.7. The molecule has 4 saturated heterocycles. The topological polar surface area (TPSA) is 154 Å². The number of pyridine rings is 1. The summed E-state index contributed by atoms with van der Waals surface area (Å²) in [5.74, 6) is -2.40. The van der Waals surface area contributed by atoms with E-state index in [0.29, 0.717) is 59.2 Å². The van der Waals surface area contributed by atoms with E-state index in [1.807, 2.05) is 29.1 Å². The minimum absolute atomic E-state index is 0.0265. The molecule has 64 heavy (non-hydrogen) atoms. The maximum atomic E-state index is 16.6. The summed E-state index contributed by atoms with van der Waals surface area (Å²) in [6.07, 6.45) is 8.11. The van der Waals surface area contributed by atoms with Crippen LogP contribution in [0.4, 0.5) is 10.1 Å². The summed E-state index contributed by atoms with van der Waals surface area (Å²) in [6, 6.07) is 14.0. The molecule has 4 aliphatic heterocycles. The maximum Gasteiger partial charge on any atom is 0.355 e. The van der Waals surface area contributed by atoms with Crippen molar-refractivity contribution in [2.75, 3.05) is 57.8 Å². The second kappa shape index (κ2) is 18.5. The molecule has 0 radical (unpaired) electrons. The molecule has 17 heteroatoms. The average molecular weight is 914 g/mol. The number of halogens is 1. The van der Waals surface area contributed by atoms with Gasteiger partial charge in [0.25, 0.3) is 5.91 Å². The smallest absolute Gasteiger partial charge is 0.355 e. The first kappa shape index (κ1) is 44.3. The normalized spacial score (nSPS) is 25.5. The molecule has 14 nitrogen and oxygen atoms in total. The fourth-order valence-corrected chi connectivity index (χ4v) is 12.8. The summed E-state index contributed by atoms with van der Waals surface area (Å²) in [7, 11) is -2.31. The molecule has 2 N–H and O–H groups in total. The van der Waals surface area contributed by atoms with E-state index in [1.165, 1.54) is 36.1 Å². The number of carbonyl (C=O) groups excluding carboxylic acids is 4. The van der Waals surface area contributed by atoms with Crippen molar-refractivity contribution in [2.45, 2.75) is 88.4 Å². The van der Waals surface area contributed by atoms with Crippen molar-refractivity contribution in [3.8, 4) is 5.75 Å². The van der Waals surface area contributed by atoms with Crippen LogP contribution in [-0.2, 0) is 23.7 Å². The van der Waals surface area contributed by atoms with Crippen molar-refractivity contribution in [3.63, 3.8) is 0 Å². The van der Waals surface area contributed by atoms with Crippen LogP contribution in [0.1, 0.15) is 85.0 Å². The Kier molecular flexibility index (Phi) is 12.8. The van der Waals surface area contributed by atoms with E-state index in [9.17, 15) is 23.7 Å². The number of thiophene rings is 1. The molecule has 0 spiro atoms. The number of ether oxygens (including phenoxy) is 1. The Morgan fingerprint density at radius 1 is 0.984 bits per heavy atom. The van der Waals surface area contributed by atoms with E-state index in [-0.39, 0.29) is 41.7 Å². The zero-order valence-electron chi connectivity index (χ0n) is 36.6. The number of esters is 1. The lowest BCUT2D eigenvalue weighted by Gasteiger charge is -2.44. The van der Waals surface area contributed by atoms with Crippen LogP contribution < -0.4 is 19.8 Å². The predicted molar refractivity (Wildman–Crippen MR) is 243 cm³/mol. The number of hydrogen-bond donors (Lipinski definition) is 2. The number of hydrogen-bond acceptors (Lipinski definition) is 11. The van der Waals surface area contributed by atoms with E-state index in [2.05, 4.69) is 38.3 Å². The number of likely N-dealkylation sites (tertiary alicyclic amines) is 1. The highest BCUT2D eigenvalue weighted by Gasteiger charge is 2.53. The molecule has 3 amide bonds. The van der Waals surface area contributed by atoms with Gasteiger partial charge in [-0.1, -0.05) is 31.2 Å². The van der Waals surface area contributed by atoms with Crippen LogP contribution in [-0.4, -0.2) is 120 Å². The van der Waals surface area contributed by atoms with Crippen molar-refractivity contribution in [1.82, 2.24) is 30.1 Å². The summed E-state index contributed by atoms with van der Waals surface area (Å²) in [5, 5.41) is 6.20. The number of nitrogens with zero attached hydrogens (tertiary/aromatic N) is 5. The quantitative estimate of drug-likeness (QED) is 0.102. The number of carbonyl (C=O) groups is 4. The minimum atomic E-state index is -4.45. The number of likely N-dealkylation sites (N-methyl/N-ethyl adjacent to an activating group) is 1. The molecule has 5 fully saturated rings. The number of fused-ring (bicyclic) bond motifs is 3. The number of para-hydroxylation sites is 1. The summed E-state index contributed by atoms with van der Waals surface area (Å²) < 4.78 is 42.7. The van der Waals surface area contributed by atoms with Gasteiger partial charge in [-0.3, -0.25) is 28.7 Å². The molecule has 340 valence electrons. The predicted octanol–water partition coefficient (Wildman–Crippen LogP) is 6.73. The molecule has 0 bridgehead atoms. The first-order valence-electron chi connectivity index (χ1n) is 22.6. The number of rotatable bonds is 14. The number of alkyl halides is 1. The number of nitrogens with one attached hydrogen (secondary N) is 2. The molecule has 2 aromatic heterocycles. The first-order chi connectivity index (χ1) is 30.9. The second-order valence-corrected chi connectivity index (χ2v) is 21.3. The fraction of sp³-hybridized carbons (Fsp3) is 0.511. The SMILES string of the molecule is CCCOC(=O)[C@H](C)NP(=O)(Oc1ccccc1)C(F)c1ccc2sc(C(=O)N[C@H]3C[C@@H]4C[C@@H]4C[C@H]4CC[C@@H](C(=O)N5CC(c6cnccc6N6CCN(C)CC6)C5)N4C3=O)cc2c1. The Hall–Kier alpha value is -4.89. The van der Waals surface area contributed by atoms with Gasteiger partial charge in [0.05, 0.1) is 11.5 Å². The van der Waals surface area contributed by atoms with Gasteiger partial charge in [0.2, 0.25) is 17.7 Å². The summed E-state index contributed by atoms with van der Waals surface area (Å²) >= 11 is 1.21. The van der Waals surface area contributed by atoms with Crippen molar-refractivity contribution in [3.05, 3.63) is 89.1 Å². The number of benzene rings is 2. The van der Waals surface area contributed by atoms with Gasteiger partial charge in [0, 0.05) is 79.6 Å². The van der Waals surface area contributed by atoms with Gasteiger partial charge in [-0.2, -0.15) is 0 Å². The van der Waals surface area contributed by atoms with Crippen molar-refractivity contribution < 1.29 is 37.4 Å². The lowest BCUT2D eigenvalue weighted by Crippen LogP contribution is -2.59. The monoisotopic (exact) mass is 913 g/mol. The number of aromatic nitrogens is 1. The van der Waals surface area contributed by atoms with Crippen LogP contribution in [0.5, 0.6) is 5.75 Å². The second-order valence-electron chi connectivity index (χ2n) is 18.2. The highest BCUT2D eigenvalue weighted by atomic mass is 32.1. The Labute approximate surface area is 377 Å². The van der Waals surface area contributed by atoms with Crippen molar-refractivity contribution in [2.24, 2.45) is 11.8 Å². The van der Waals surface area contributed by atoms with Crippen LogP contribution in [0, 0.1) is 11.8 Å². The van der Waals surface area contributed by atoms with Gasteiger partial charge in [-0.05, 0) is 112 Å². The highest BCUT2D eigenvalue weighted by molar-refractivity contribution is 7.57. The third-order valence-electron chi connectivity index (χ3n) is 13.6.